The van der Waals surface area contributed by atoms with Crippen LogP contribution >= 0.6 is 23.4 Å². The minimum Gasteiger partial charge on any atom is -0.490 e. The summed E-state index contributed by atoms with van der Waals surface area (Å²) in [5, 5.41) is 0.802. The molecule has 0 aromatic heterocycles. The molecule has 1 aromatic carbocycles. The van der Waals surface area contributed by atoms with E-state index in [1.165, 1.54) is 0 Å². The predicted octanol–water partition coefficient (Wildman–Crippen LogP) is 3.15. The maximum Gasteiger partial charge on any atom is 0.344 e. The Kier molecular flexibility index (Phi) is 4.82. The molecule has 0 bridgehead atoms. The number of halogens is 1. The Morgan fingerprint density at radius 2 is 2.37 bits per heavy atom. The van der Waals surface area contributed by atoms with Crippen LogP contribution in [0.25, 0.3) is 0 Å². The van der Waals surface area contributed by atoms with E-state index in [4.69, 9.17) is 25.8 Å². The van der Waals surface area contributed by atoms with Crippen LogP contribution in [0.2, 0.25) is 5.02 Å². The first-order chi connectivity index (χ1) is 9.11. The molecule has 19 heavy (non-hydrogen) atoms. The summed E-state index contributed by atoms with van der Waals surface area (Å²) in [6.45, 7) is 4.62. The van der Waals surface area contributed by atoms with E-state index in [1.54, 1.807) is 24.8 Å². The summed E-state index contributed by atoms with van der Waals surface area (Å²) in [5.74, 6) is 0.648. The summed E-state index contributed by atoms with van der Waals surface area (Å²) in [6.07, 6.45) is 0. The molecule has 0 radical (unpaired) electrons. The normalized spacial score (nSPS) is 17.3. The van der Waals surface area contributed by atoms with Crippen LogP contribution in [0, 0.1) is 0 Å². The van der Waals surface area contributed by atoms with Crippen molar-refractivity contribution in [3.63, 3.8) is 0 Å². The monoisotopic (exact) mass is 302 g/mol. The number of thioether (sulfide) groups is 1. The van der Waals surface area contributed by atoms with Crippen molar-refractivity contribution in [1.82, 2.24) is 0 Å². The van der Waals surface area contributed by atoms with Crippen molar-refractivity contribution in [3.05, 3.63) is 17.2 Å². The van der Waals surface area contributed by atoms with Gasteiger partial charge in [0.05, 0.1) is 11.5 Å². The molecule has 1 aromatic rings. The van der Waals surface area contributed by atoms with Gasteiger partial charge in [0.2, 0.25) is 0 Å². The van der Waals surface area contributed by atoms with Crippen molar-refractivity contribution in [3.8, 4) is 11.5 Å². The van der Waals surface area contributed by atoms with Gasteiger partial charge < -0.3 is 14.2 Å². The van der Waals surface area contributed by atoms with Crippen molar-refractivity contribution in [2.24, 2.45) is 0 Å². The number of carbonyl (C=O) groups excluding carboxylic acids is 1. The molecule has 0 N–H and O–H groups in total. The van der Waals surface area contributed by atoms with E-state index in [2.05, 4.69) is 6.92 Å². The van der Waals surface area contributed by atoms with Crippen LogP contribution in [0.15, 0.2) is 17.0 Å². The summed E-state index contributed by atoms with van der Waals surface area (Å²) >= 11 is 7.93. The second-order valence-corrected chi connectivity index (χ2v) is 5.90. The van der Waals surface area contributed by atoms with E-state index in [-0.39, 0.29) is 6.61 Å². The number of ether oxygens (including phenoxy) is 3. The van der Waals surface area contributed by atoms with Gasteiger partial charge in [0.1, 0.15) is 17.4 Å². The van der Waals surface area contributed by atoms with Crippen LogP contribution in [0.1, 0.15) is 13.8 Å². The highest BCUT2D eigenvalue weighted by Crippen LogP contribution is 2.45. The highest BCUT2D eigenvalue weighted by atomic mass is 35.5. The summed E-state index contributed by atoms with van der Waals surface area (Å²) in [7, 11) is 0. The maximum atomic E-state index is 11.2. The van der Waals surface area contributed by atoms with Crippen molar-refractivity contribution < 1.29 is 19.0 Å². The number of hydrogen-bond donors (Lipinski definition) is 0. The molecule has 1 heterocycles. The zero-order chi connectivity index (χ0) is 13.8. The van der Waals surface area contributed by atoms with Gasteiger partial charge in [0.25, 0.3) is 0 Å². The molecule has 0 fully saturated rings. The topological polar surface area (TPSA) is 44.8 Å². The van der Waals surface area contributed by atoms with Gasteiger partial charge in [0.15, 0.2) is 12.4 Å². The number of fused-ring (bicyclic) bond motifs is 1. The molecule has 0 aliphatic carbocycles. The van der Waals surface area contributed by atoms with E-state index in [9.17, 15) is 4.79 Å². The molecule has 1 aliphatic heterocycles. The summed E-state index contributed by atoms with van der Waals surface area (Å²) in [6, 6.07) is 3.64. The Hall–Kier alpha value is -1.07. The lowest BCUT2D eigenvalue weighted by Gasteiger charge is -2.23. The number of rotatable bonds is 4. The van der Waals surface area contributed by atoms with E-state index in [1.807, 2.05) is 6.07 Å². The van der Waals surface area contributed by atoms with Gasteiger partial charge in [-0.25, -0.2) is 4.79 Å². The molecular formula is C13H15ClO4S. The first-order valence-corrected chi connectivity index (χ1v) is 7.28. The van der Waals surface area contributed by atoms with E-state index in [0.717, 1.165) is 4.90 Å². The Morgan fingerprint density at radius 3 is 3.11 bits per heavy atom. The molecule has 6 heteroatoms. The van der Waals surface area contributed by atoms with Gasteiger partial charge in [-0.1, -0.05) is 11.6 Å². The van der Waals surface area contributed by atoms with Crippen molar-refractivity contribution in [1.29, 1.82) is 0 Å². The molecule has 104 valence electrons. The Balaban J connectivity index is 2.09. The average Bonchev–Trinajstić information content (AvgIpc) is 2.38. The van der Waals surface area contributed by atoms with Crippen LogP contribution in [0.3, 0.4) is 0 Å². The fraction of sp³-hybridized carbons (Fsp3) is 0.462. The average molecular weight is 303 g/mol. The lowest BCUT2D eigenvalue weighted by Crippen LogP contribution is -2.17. The first kappa shape index (κ1) is 14.3. The molecule has 0 saturated carbocycles. The molecule has 1 aliphatic rings. The maximum absolute atomic E-state index is 11.2. The fourth-order valence-corrected chi connectivity index (χ4v) is 2.96. The van der Waals surface area contributed by atoms with E-state index < -0.39 is 5.97 Å². The molecule has 0 spiro atoms. The minimum atomic E-state index is -0.416. The SMILES string of the molecule is CCOC(=O)COc1ccc2c(c1Cl)OCC(C)S2. The van der Waals surface area contributed by atoms with Gasteiger partial charge in [-0.15, -0.1) is 11.8 Å². The molecule has 4 nitrogen and oxygen atoms in total. The predicted molar refractivity (Wildman–Crippen MR) is 74.4 cm³/mol. The second kappa shape index (κ2) is 6.39. The molecule has 2 rings (SSSR count). The van der Waals surface area contributed by atoms with Crippen LogP contribution < -0.4 is 9.47 Å². The van der Waals surface area contributed by atoms with E-state index >= 15 is 0 Å². The molecule has 1 atom stereocenters. The van der Waals surface area contributed by atoms with E-state index in [0.29, 0.717) is 35.0 Å². The molecule has 0 saturated heterocycles. The third-order valence-electron chi connectivity index (χ3n) is 2.47. The van der Waals surface area contributed by atoms with Crippen LogP contribution in [0.5, 0.6) is 11.5 Å². The standard InChI is InChI=1S/C13H15ClO4S/c1-3-16-11(15)7-17-9-4-5-10-13(12(9)14)18-6-8(2)19-10/h4-5,8H,3,6-7H2,1-2H3. The lowest BCUT2D eigenvalue weighted by molar-refractivity contribution is -0.145. The van der Waals surface area contributed by atoms with Gasteiger partial charge >= 0.3 is 5.97 Å². The summed E-state index contributed by atoms with van der Waals surface area (Å²) in [4.78, 5) is 12.2. The minimum absolute atomic E-state index is 0.157. The molecule has 0 amide bonds. The number of carbonyl (C=O) groups is 1. The van der Waals surface area contributed by atoms with Gasteiger partial charge in [-0.05, 0) is 26.0 Å². The van der Waals surface area contributed by atoms with Gasteiger partial charge in [-0.3, -0.25) is 0 Å². The van der Waals surface area contributed by atoms with Crippen molar-refractivity contribution in [2.45, 2.75) is 24.0 Å². The smallest absolute Gasteiger partial charge is 0.344 e. The zero-order valence-electron chi connectivity index (χ0n) is 10.8. The molecular weight excluding hydrogens is 288 g/mol. The quantitative estimate of drug-likeness (QED) is 0.799. The third-order valence-corrected chi connectivity index (χ3v) is 3.94. The summed E-state index contributed by atoms with van der Waals surface area (Å²) < 4.78 is 15.7. The summed E-state index contributed by atoms with van der Waals surface area (Å²) in [5.41, 5.74) is 0. The number of benzene rings is 1. The Morgan fingerprint density at radius 1 is 1.58 bits per heavy atom. The first-order valence-electron chi connectivity index (χ1n) is 6.02. The highest BCUT2D eigenvalue weighted by Gasteiger charge is 2.22. The molecule has 1 unspecified atom stereocenters. The van der Waals surface area contributed by atoms with Crippen molar-refractivity contribution in [2.75, 3.05) is 19.8 Å². The zero-order valence-corrected chi connectivity index (χ0v) is 12.3. The van der Waals surface area contributed by atoms with Crippen LogP contribution in [0.4, 0.5) is 0 Å². The third kappa shape index (κ3) is 3.48. The fourth-order valence-electron chi connectivity index (χ4n) is 1.65. The second-order valence-electron chi connectivity index (χ2n) is 4.04. The van der Waals surface area contributed by atoms with Crippen LogP contribution in [-0.4, -0.2) is 31.0 Å². The lowest BCUT2D eigenvalue weighted by atomic mass is 10.3. The van der Waals surface area contributed by atoms with Gasteiger partial charge in [0, 0.05) is 5.25 Å². The largest absolute Gasteiger partial charge is 0.490 e. The van der Waals surface area contributed by atoms with Gasteiger partial charge in [-0.2, -0.15) is 0 Å². The Labute approximate surface area is 121 Å². The highest BCUT2D eigenvalue weighted by molar-refractivity contribution is 8.00. The van der Waals surface area contributed by atoms with Crippen LogP contribution in [-0.2, 0) is 9.53 Å². The number of esters is 1. The van der Waals surface area contributed by atoms with Crippen molar-refractivity contribution >= 4 is 29.3 Å². The number of hydrogen-bond acceptors (Lipinski definition) is 5. The Bertz CT molecular complexity index is 478.